The lowest BCUT2D eigenvalue weighted by atomic mass is 10.00. The van der Waals surface area contributed by atoms with Crippen molar-refractivity contribution in [2.75, 3.05) is 25.1 Å². The number of fused-ring (bicyclic) bond motifs is 1. The summed E-state index contributed by atoms with van der Waals surface area (Å²) in [4.78, 5) is 0. The van der Waals surface area contributed by atoms with Gasteiger partial charge in [0, 0.05) is 30.8 Å². The van der Waals surface area contributed by atoms with Crippen molar-refractivity contribution in [1.29, 1.82) is 0 Å². The standard InChI is InChI=1S/C19H16F6N4O/c20-18(21,22)12-3-4-13(14(8-12)19(23,24)25)16-15-2-1-6-29(15)17(28-27-16)26-9-11-5-7-30-10-11/h1-4,6,8,11H,5,7,9-10H2,(H,26,28)/t11-/m0/s1. The second kappa shape index (κ2) is 7.46. The Kier molecular flexibility index (Phi) is 5.08. The molecule has 0 unspecified atom stereocenters. The smallest absolute Gasteiger partial charge is 0.381 e. The van der Waals surface area contributed by atoms with Crippen LogP contribution in [0.4, 0.5) is 32.3 Å². The van der Waals surface area contributed by atoms with Gasteiger partial charge in [-0.1, -0.05) is 6.07 Å². The van der Waals surface area contributed by atoms with Crippen LogP contribution in [0.2, 0.25) is 0 Å². The third-order valence-corrected chi connectivity index (χ3v) is 4.94. The van der Waals surface area contributed by atoms with Gasteiger partial charge in [-0.25, -0.2) is 0 Å². The van der Waals surface area contributed by atoms with E-state index in [0.717, 1.165) is 12.5 Å². The molecule has 1 atom stereocenters. The molecular formula is C19H16F6N4O. The monoisotopic (exact) mass is 430 g/mol. The Morgan fingerprint density at radius 1 is 1.07 bits per heavy atom. The van der Waals surface area contributed by atoms with E-state index in [2.05, 4.69) is 15.5 Å². The van der Waals surface area contributed by atoms with Gasteiger partial charge in [-0.05, 0) is 30.7 Å². The quantitative estimate of drug-likeness (QED) is 0.600. The van der Waals surface area contributed by atoms with E-state index < -0.39 is 29.0 Å². The molecule has 1 fully saturated rings. The second-order valence-electron chi connectivity index (χ2n) is 7.00. The van der Waals surface area contributed by atoms with Crippen molar-refractivity contribution in [3.05, 3.63) is 47.7 Å². The number of benzene rings is 1. The fourth-order valence-corrected chi connectivity index (χ4v) is 3.41. The predicted octanol–water partition coefficient (Wildman–Crippen LogP) is 4.88. The highest BCUT2D eigenvalue weighted by Gasteiger charge is 2.39. The number of alkyl halides is 6. The average Bonchev–Trinajstić information content (AvgIpc) is 3.36. The largest absolute Gasteiger partial charge is 0.417 e. The molecule has 3 heterocycles. The molecule has 0 spiro atoms. The number of nitrogens with zero attached hydrogens (tertiary/aromatic N) is 3. The average molecular weight is 430 g/mol. The molecular weight excluding hydrogens is 414 g/mol. The van der Waals surface area contributed by atoms with Crippen LogP contribution in [-0.2, 0) is 17.1 Å². The van der Waals surface area contributed by atoms with Crippen molar-refractivity contribution in [2.24, 2.45) is 5.92 Å². The molecule has 0 aliphatic carbocycles. The summed E-state index contributed by atoms with van der Waals surface area (Å²) < 4.78 is 86.3. The summed E-state index contributed by atoms with van der Waals surface area (Å²) in [6.07, 6.45) is -7.42. The maximum Gasteiger partial charge on any atom is 0.417 e. The van der Waals surface area contributed by atoms with E-state index in [0.29, 0.717) is 37.3 Å². The molecule has 0 radical (unpaired) electrons. The van der Waals surface area contributed by atoms with Crippen LogP contribution in [0.5, 0.6) is 0 Å². The van der Waals surface area contributed by atoms with Gasteiger partial charge in [-0.3, -0.25) is 4.40 Å². The molecule has 1 aliphatic heterocycles. The minimum atomic E-state index is -5.00. The number of rotatable bonds is 4. The van der Waals surface area contributed by atoms with Crippen LogP contribution in [0, 0.1) is 5.92 Å². The van der Waals surface area contributed by atoms with Gasteiger partial charge in [0.05, 0.1) is 23.3 Å². The Bertz CT molecular complexity index is 1050. The summed E-state index contributed by atoms with van der Waals surface area (Å²) >= 11 is 0. The van der Waals surface area contributed by atoms with Crippen molar-refractivity contribution in [1.82, 2.24) is 14.6 Å². The molecule has 1 saturated heterocycles. The van der Waals surface area contributed by atoms with E-state index in [9.17, 15) is 26.3 Å². The summed E-state index contributed by atoms with van der Waals surface area (Å²) in [5.41, 5.74) is -3.13. The van der Waals surface area contributed by atoms with Crippen LogP contribution in [-0.4, -0.2) is 34.4 Å². The third-order valence-electron chi connectivity index (χ3n) is 4.94. The summed E-state index contributed by atoms with van der Waals surface area (Å²) in [7, 11) is 0. The number of hydrogen-bond acceptors (Lipinski definition) is 4. The van der Waals surface area contributed by atoms with Gasteiger partial charge in [-0.2, -0.15) is 26.3 Å². The van der Waals surface area contributed by atoms with Crippen molar-refractivity contribution >= 4 is 11.5 Å². The van der Waals surface area contributed by atoms with Crippen LogP contribution in [0.1, 0.15) is 17.5 Å². The Labute approximate surface area is 166 Å². The van der Waals surface area contributed by atoms with E-state index in [-0.39, 0.29) is 17.7 Å². The molecule has 0 saturated carbocycles. The lowest BCUT2D eigenvalue weighted by molar-refractivity contribution is -0.142. The number of anilines is 1. The summed E-state index contributed by atoms with van der Waals surface area (Å²) in [5, 5.41) is 11.0. The maximum absolute atomic E-state index is 13.6. The van der Waals surface area contributed by atoms with Crippen molar-refractivity contribution in [2.45, 2.75) is 18.8 Å². The molecule has 11 heteroatoms. The summed E-state index contributed by atoms with van der Waals surface area (Å²) in [6, 6.07) is 4.63. The predicted molar refractivity (Wildman–Crippen MR) is 95.8 cm³/mol. The zero-order valence-corrected chi connectivity index (χ0v) is 15.4. The van der Waals surface area contributed by atoms with Crippen molar-refractivity contribution in [3.63, 3.8) is 0 Å². The normalized spacial score (nSPS) is 17.6. The van der Waals surface area contributed by atoms with E-state index in [1.165, 1.54) is 10.5 Å². The molecule has 3 aromatic rings. The molecule has 0 amide bonds. The highest BCUT2D eigenvalue weighted by molar-refractivity contribution is 5.80. The van der Waals surface area contributed by atoms with Crippen LogP contribution >= 0.6 is 0 Å². The first-order chi connectivity index (χ1) is 14.1. The molecule has 1 N–H and O–H groups in total. The minimum Gasteiger partial charge on any atom is -0.381 e. The van der Waals surface area contributed by atoms with Crippen LogP contribution in [0.15, 0.2) is 36.5 Å². The molecule has 5 nitrogen and oxygen atoms in total. The highest BCUT2D eigenvalue weighted by Crippen LogP contribution is 2.41. The number of ether oxygens (including phenoxy) is 1. The Balaban J connectivity index is 1.76. The molecule has 30 heavy (non-hydrogen) atoms. The zero-order chi connectivity index (χ0) is 21.5. The number of hydrogen-bond donors (Lipinski definition) is 1. The van der Waals surface area contributed by atoms with Crippen molar-refractivity contribution in [3.8, 4) is 11.3 Å². The van der Waals surface area contributed by atoms with Crippen LogP contribution in [0.25, 0.3) is 16.8 Å². The Hall–Kier alpha value is -2.82. The molecule has 0 bridgehead atoms. The van der Waals surface area contributed by atoms with E-state index >= 15 is 0 Å². The highest BCUT2D eigenvalue weighted by atomic mass is 19.4. The maximum atomic E-state index is 13.6. The first-order valence-electron chi connectivity index (χ1n) is 9.09. The number of aromatic nitrogens is 3. The van der Waals surface area contributed by atoms with Gasteiger partial charge in [0.25, 0.3) is 0 Å². The lowest BCUT2D eigenvalue weighted by Crippen LogP contribution is -2.17. The molecule has 160 valence electrons. The number of halogens is 6. The van der Waals surface area contributed by atoms with Gasteiger partial charge < -0.3 is 10.1 Å². The van der Waals surface area contributed by atoms with Gasteiger partial charge in [0.15, 0.2) is 0 Å². The fourth-order valence-electron chi connectivity index (χ4n) is 3.41. The van der Waals surface area contributed by atoms with E-state index in [1.54, 1.807) is 12.3 Å². The minimum absolute atomic E-state index is 0.0999. The summed E-state index contributed by atoms with van der Waals surface area (Å²) in [5.74, 6) is 0.606. The van der Waals surface area contributed by atoms with Crippen molar-refractivity contribution < 1.29 is 31.1 Å². The first kappa shape index (κ1) is 20.5. The van der Waals surface area contributed by atoms with E-state index in [4.69, 9.17) is 4.74 Å². The van der Waals surface area contributed by atoms with Crippen LogP contribution in [0.3, 0.4) is 0 Å². The SMILES string of the molecule is FC(F)(F)c1ccc(-c2nnc(NC[C@@H]3CCOC3)n3cccc23)c(C(F)(F)F)c1. The Morgan fingerprint density at radius 3 is 2.53 bits per heavy atom. The van der Waals surface area contributed by atoms with Gasteiger partial charge >= 0.3 is 12.4 Å². The fraction of sp³-hybridized carbons (Fsp3) is 0.368. The van der Waals surface area contributed by atoms with Gasteiger partial charge in [0.1, 0.15) is 5.69 Å². The van der Waals surface area contributed by atoms with Gasteiger partial charge in [-0.15, -0.1) is 10.2 Å². The second-order valence-corrected chi connectivity index (χ2v) is 7.00. The zero-order valence-electron chi connectivity index (χ0n) is 15.4. The topological polar surface area (TPSA) is 51.5 Å². The van der Waals surface area contributed by atoms with Crippen LogP contribution < -0.4 is 5.32 Å². The summed E-state index contributed by atoms with van der Waals surface area (Å²) in [6.45, 7) is 1.83. The van der Waals surface area contributed by atoms with Gasteiger partial charge in [0.2, 0.25) is 5.95 Å². The Morgan fingerprint density at radius 2 is 1.87 bits per heavy atom. The lowest BCUT2D eigenvalue weighted by Gasteiger charge is -2.17. The van der Waals surface area contributed by atoms with E-state index in [1.807, 2.05) is 0 Å². The first-order valence-corrected chi connectivity index (χ1v) is 9.09. The molecule has 1 aliphatic rings. The molecule has 4 rings (SSSR count). The third kappa shape index (κ3) is 3.93. The molecule has 1 aromatic carbocycles. The molecule has 2 aromatic heterocycles. The number of nitrogens with one attached hydrogen (secondary N) is 1.